The number of nitrogens with one attached hydrogen (secondary N) is 1. The van der Waals surface area contributed by atoms with Gasteiger partial charge in [0.1, 0.15) is 6.04 Å². The molecule has 1 aromatic carbocycles. The largest absolute Gasteiger partial charge is 0.480 e. The van der Waals surface area contributed by atoms with Gasteiger partial charge in [0.05, 0.1) is 0 Å². The van der Waals surface area contributed by atoms with E-state index in [1.54, 1.807) is 12.4 Å². The van der Waals surface area contributed by atoms with Gasteiger partial charge in [-0.05, 0) is 6.42 Å². The van der Waals surface area contributed by atoms with Gasteiger partial charge in [0.15, 0.2) is 5.82 Å². The SMILES string of the molecule is CCCC[C@H](NCc1cnc(-c2ccccc2)nc1)C(=O)O. The highest BCUT2D eigenvalue weighted by Crippen LogP contribution is 2.13. The van der Waals surface area contributed by atoms with E-state index in [2.05, 4.69) is 22.2 Å². The van der Waals surface area contributed by atoms with E-state index in [4.69, 9.17) is 0 Å². The molecule has 0 aliphatic carbocycles. The molecule has 2 N–H and O–H groups in total. The third-order valence-electron chi connectivity index (χ3n) is 3.43. The molecule has 2 aromatic rings. The Morgan fingerprint density at radius 3 is 2.50 bits per heavy atom. The van der Waals surface area contributed by atoms with Crippen LogP contribution >= 0.6 is 0 Å². The monoisotopic (exact) mass is 299 g/mol. The molecule has 116 valence electrons. The van der Waals surface area contributed by atoms with Crippen LogP contribution in [0.1, 0.15) is 31.7 Å². The van der Waals surface area contributed by atoms with Crippen molar-refractivity contribution >= 4 is 5.97 Å². The van der Waals surface area contributed by atoms with Gasteiger partial charge in [-0.15, -0.1) is 0 Å². The molecule has 0 fully saturated rings. The zero-order valence-corrected chi connectivity index (χ0v) is 12.7. The number of rotatable bonds is 8. The number of benzene rings is 1. The van der Waals surface area contributed by atoms with Gasteiger partial charge in [-0.1, -0.05) is 50.1 Å². The maximum Gasteiger partial charge on any atom is 0.320 e. The molecule has 0 saturated heterocycles. The fourth-order valence-corrected chi connectivity index (χ4v) is 2.14. The van der Waals surface area contributed by atoms with Gasteiger partial charge < -0.3 is 10.4 Å². The van der Waals surface area contributed by atoms with Crippen molar-refractivity contribution in [2.24, 2.45) is 0 Å². The summed E-state index contributed by atoms with van der Waals surface area (Å²) < 4.78 is 0. The first kappa shape index (κ1) is 16.1. The summed E-state index contributed by atoms with van der Waals surface area (Å²) in [5, 5.41) is 12.2. The van der Waals surface area contributed by atoms with Crippen molar-refractivity contribution in [1.29, 1.82) is 0 Å². The molecule has 0 aliphatic rings. The highest BCUT2D eigenvalue weighted by Gasteiger charge is 2.15. The number of hydrogen-bond acceptors (Lipinski definition) is 4. The Balaban J connectivity index is 1.95. The Bertz CT molecular complexity index is 585. The van der Waals surface area contributed by atoms with Crippen LogP contribution in [0.3, 0.4) is 0 Å². The van der Waals surface area contributed by atoms with Gasteiger partial charge in [0, 0.05) is 30.1 Å². The second-order valence-corrected chi connectivity index (χ2v) is 5.19. The maximum absolute atomic E-state index is 11.2. The summed E-state index contributed by atoms with van der Waals surface area (Å²) in [5.74, 6) is -0.139. The van der Waals surface area contributed by atoms with Crippen LogP contribution in [0.25, 0.3) is 11.4 Å². The lowest BCUT2D eigenvalue weighted by atomic mass is 10.1. The van der Waals surface area contributed by atoms with Gasteiger partial charge in [0.25, 0.3) is 0 Å². The minimum absolute atomic E-state index is 0.454. The van der Waals surface area contributed by atoms with Gasteiger partial charge in [0.2, 0.25) is 0 Å². The highest BCUT2D eigenvalue weighted by atomic mass is 16.4. The first-order valence-electron chi connectivity index (χ1n) is 7.53. The van der Waals surface area contributed by atoms with Crippen LogP contribution < -0.4 is 5.32 Å². The van der Waals surface area contributed by atoms with Crippen molar-refractivity contribution in [3.8, 4) is 11.4 Å². The first-order chi connectivity index (χ1) is 10.7. The molecule has 5 heteroatoms. The fraction of sp³-hybridized carbons (Fsp3) is 0.353. The van der Waals surface area contributed by atoms with E-state index in [1.807, 2.05) is 30.3 Å². The predicted octanol–water partition coefficient (Wildman–Crippen LogP) is 2.88. The standard InChI is InChI=1S/C17H21N3O2/c1-2-3-9-15(17(21)22)18-10-13-11-19-16(20-12-13)14-7-5-4-6-8-14/h4-8,11-12,15,18H,2-3,9-10H2,1H3,(H,21,22)/t15-/m0/s1. The molecular formula is C17H21N3O2. The molecule has 0 saturated carbocycles. The number of aromatic nitrogens is 2. The molecule has 2 rings (SSSR count). The van der Waals surface area contributed by atoms with Gasteiger partial charge in [-0.3, -0.25) is 4.79 Å². The average Bonchev–Trinajstić information content (AvgIpc) is 2.56. The topological polar surface area (TPSA) is 75.1 Å². The van der Waals surface area contributed by atoms with Crippen molar-refractivity contribution < 1.29 is 9.90 Å². The number of carboxylic acid groups (broad SMARTS) is 1. The number of carbonyl (C=O) groups is 1. The Morgan fingerprint density at radius 1 is 1.23 bits per heavy atom. The summed E-state index contributed by atoms with van der Waals surface area (Å²) >= 11 is 0. The molecule has 1 heterocycles. The number of aliphatic carboxylic acids is 1. The summed E-state index contributed by atoms with van der Waals surface area (Å²) in [4.78, 5) is 19.8. The molecule has 22 heavy (non-hydrogen) atoms. The summed E-state index contributed by atoms with van der Waals surface area (Å²) in [6.45, 7) is 2.50. The number of nitrogens with zero attached hydrogens (tertiary/aromatic N) is 2. The molecule has 0 radical (unpaired) electrons. The summed E-state index contributed by atoms with van der Waals surface area (Å²) in [7, 11) is 0. The minimum Gasteiger partial charge on any atom is -0.480 e. The van der Waals surface area contributed by atoms with Crippen molar-refractivity contribution in [1.82, 2.24) is 15.3 Å². The second kappa shape index (κ2) is 8.24. The predicted molar refractivity (Wildman–Crippen MR) is 85.3 cm³/mol. The van der Waals surface area contributed by atoms with E-state index in [0.29, 0.717) is 18.8 Å². The zero-order valence-electron chi connectivity index (χ0n) is 12.7. The van der Waals surface area contributed by atoms with Gasteiger partial charge >= 0.3 is 5.97 Å². The van der Waals surface area contributed by atoms with Crippen LogP contribution in [0.2, 0.25) is 0 Å². The van der Waals surface area contributed by atoms with Crippen LogP contribution in [0, 0.1) is 0 Å². The average molecular weight is 299 g/mol. The fourth-order valence-electron chi connectivity index (χ4n) is 2.14. The van der Waals surface area contributed by atoms with Crippen LogP contribution in [-0.4, -0.2) is 27.1 Å². The van der Waals surface area contributed by atoms with E-state index in [-0.39, 0.29) is 0 Å². The Labute approximate surface area is 130 Å². The first-order valence-corrected chi connectivity index (χ1v) is 7.53. The van der Waals surface area contributed by atoms with Gasteiger partial charge in [-0.2, -0.15) is 0 Å². The Morgan fingerprint density at radius 2 is 1.91 bits per heavy atom. The minimum atomic E-state index is -0.810. The normalized spacial score (nSPS) is 12.0. The number of carboxylic acids is 1. The van der Waals surface area contributed by atoms with E-state index < -0.39 is 12.0 Å². The summed E-state index contributed by atoms with van der Waals surface area (Å²) in [5.41, 5.74) is 1.84. The van der Waals surface area contributed by atoms with E-state index >= 15 is 0 Å². The summed E-state index contributed by atoms with van der Waals surface area (Å²) in [6.07, 6.45) is 5.99. The van der Waals surface area contributed by atoms with E-state index in [9.17, 15) is 9.90 Å². The third kappa shape index (κ3) is 4.63. The van der Waals surface area contributed by atoms with Crippen LogP contribution in [0.15, 0.2) is 42.7 Å². The quantitative estimate of drug-likeness (QED) is 0.784. The van der Waals surface area contributed by atoms with Crippen LogP contribution in [0.4, 0.5) is 0 Å². The van der Waals surface area contributed by atoms with E-state index in [0.717, 1.165) is 24.0 Å². The summed E-state index contributed by atoms with van der Waals surface area (Å²) in [6, 6.07) is 9.23. The van der Waals surface area contributed by atoms with Crippen molar-refractivity contribution in [3.63, 3.8) is 0 Å². The molecule has 0 spiro atoms. The zero-order chi connectivity index (χ0) is 15.8. The Hall–Kier alpha value is -2.27. The van der Waals surface area contributed by atoms with Gasteiger partial charge in [-0.25, -0.2) is 9.97 Å². The third-order valence-corrected chi connectivity index (χ3v) is 3.43. The smallest absolute Gasteiger partial charge is 0.320 e. The lowest BCUT2D eigenvalue weighted by molar-refractivity contribution is -0.139. The molecule has 1 aromatic heterocycles. The highest BCUT2D eigenvalue weighted by molar-refractivity contribution is 5.73. The second-order valence-electron chi connectivity index (χ2n) is 5.19. The molecule has 0 unspecified atom stereocenters. The van der Waals surface area contributed by atoms with Crippen molar-refractivity contribution in [3.05, 3.63) is 48.3 Å². The number of unbranched alkanes of at least 4 members (excludes halogenated alkanes) is 1. The molecule has 0 aliphatic heterocycles. The molecule has 0 bridgehead atoms. The lowest BCUT2D eigenvalue weighted by Crippen LogP contribution is -2.36. The lowest BCUT2D eigenvalue weighted by Gasteiger charge is -2.13. The van der Waals surface area contributed by atoms with Crippen LogP contribution in [0.5, 0.6) is 0 Å². The Kier molecular flexibility index (Phi) is 6.03. The van der Waals surface area contributed by atoms with Crippen LogP contribution in [-0.2, 0) is 11.3 Å². The maximum atomic E-state index is 11.2. The van der Waals surface area contributed by atoms with Crippen molar-refractivity contribution in [2.75, 3.05) is 0 Å². The molecule has 1 atom stereocenters. The van der Waals surface area contributed by atoms with Crippen molar-refractivity contribution in [2.45, 2.75) is 38.8 Å². The molecular weight excluding hydrogens is 278 g/mol. The molecule has 5 nitrogen and oxygen atoms in total. The molecule has 0 amide bonds. The number of hydrogen-bond donors (Lipinski definition) is 2. The van der Waals surface area contributed by atoms with E-state index in [1.165, 1.54) is 0 Å².